The quantitative estimate of drug-likeness (QED) is 0.810. The largest absolute Gasteiger partial charge is 0.377 e. The van der Waals surface area contributed by atoms with Crippen LogP contribution >= 0.6 is 22.9 Å². The van der Waals surface area contributed by atoms with E-state index < -0.39 is 0 Å². The minimum atomic E-state index is 0.191. The number of fused-ring (bicyclic) bond motifs is 1. The monoisotopic (exact) mass is 342 g/mol. The number of aromatic nitrogens is 3. The van der Waals surface area contributed by atoms with Crippen LogP contribution in [0.1, 0.15) is 36.9 Å². The molecule has 3 heterocycles. The average molecular weight is 343 g/mol. The van der Waals surface area contributed by atoms with E-state index in [-0.39, 0.29) is 5.91 Å². The lowest BCUT2D eigenvalue weighted by molar-refractivity contribution is -0.128. The van der Waals surface area contributed by atoms with Crippen molar-refractivity contribution >= 4 is 33.8 Å². The molecule has 120 valence electrons. The fraction of sp³-hybridized carbons (Fsp3) is 0.643. The molecule has 8 heteroatoms. The maximum atomic E-state index is 12.2. The molecular formula is C14H19ClN4O2S. The Labute approximate surface area is 138 Å². The highest BCUT2D eigenvalue weighted by Gasteiger charge is 2.30. The third kappa shape index (κ3) is 2.98. The number of rotatable bonds is 6. The van der Waals surface area contributed by atoms with Crippen molar-refractivity contribution in [2.45, 2.75) is 39.3 Å². The SMILES string of the molecule is CCCC1CC(=O)N(Cc2c(Cl)nc3sc(COC)nn23)C1. The van der Waals surface area contributed by atoms with Gasteiger partial charge in [-0.05, 0) is 12.3 Å². The lowest BCUT2D eigenvalue weighted by Gasteiger charge is -2.15. The van der Waals surface area contributed by atoms with Crippen molar-refractivity contribution in [1.82, 2.24) is 19.5 Å². The molecule has 0 spiro atoms. The molecule has 1 unspecified atom stereocenters. The number of ether oxygens (including phenoxy) is 1. The Kier molecular flexibility index (Phi) is 4.65. The molecular weight excluding hydrogens is 324 g/mol. The fourth-order valence-corrected chi connectivity index (χ4v) is 4.06. The van der Waals surface area contributed by atoms with Crippen LogP contribution in [-0.4, -0.2) is 39.1 Å². The number of nitrogens with zero attached hydrogens (tertiary/aromatic N) is 4. The summed E-state index contributed by atoms with van der Waals surface area (Å²) in [5.41, 5.74) is 0.778. The van der Waals surface area contributed by atoms with Crippen LogP contribution in [0.15, 0.2) is 0 Å². The number of carbonyl (C=O) groups excluding carboxylic acids is 1. The van der Waals surface area contributed by atoms with Gasteiger partial charge in [0.1, 0.15) is 10.7 Å². The molecule has 3 rings (SSSR count). The van der Waals surface area contributed by atoms with Crippen LogP contribution in [0.5, 0.6) is 0 Å². The first kappa shape index (κ1) is 15.7. The summed E-state index contributed by atoms with van der Waals surface area (Å²) in [5.74, 6) is 0.649. The zero-order valence-corrected chi connectivity index (χ0v) is 14.3. The summed E-state index contributed by atoms with van der Waals surface area (Å²) in [6.07, 6.45) is 2.84. The summed E-state index contributed by atoms with van der Waals surface area (Å²) in [6.45, 7) is 3.87. The molecule has 1 fully saturated rings. The van der Waals surface area contributed by atoms with E-state index in [1.807, 2.05) is 4.90 Å². The lowest BCUT2D eigenvalue weighted by atomic mass is 10.0. The second-order valence-electron chi connectivity index (χ2n) is 5.61. The van der Waals surface area contributed by atoms with Crippen LogP contribution < -0.4 is 0 Å². The number of carbonyl (C=O) groups is 1. The Balaban J connectivity index is 1.81. The maximum absolute atomic E-state index is 12.2. The fourth-order valence-electron chi connectivity index (χ4n) is 2.91. The molecule has 0 bridgehead atoms. The first-order chi connectivity index (χ1) is 10.6. The van der Waals surface area contributed by atoms with E-state index in [1.54, 1.807) is 11.6 Å². The first-order valence-corrected chi connectivity index (χ1v) is 8.61. The van der Waals surface area contributed by atoms with Gasteiger partial charge in [-0.25, -0.2) is 9.50 Å². The van der Waals surface area contributed by atoms with E-state index in [4.69, 9.17) is 16.3 Å². The molecule has 22 heavy (non-hydrogen) atoms. The molecule has 0 aliphatic carbocycles. The lowest BCUT2D eigenvalue weighted by Crippen LogP contribution is -2.25. The van der Waals surface area contributed by atoms with Crippen molar-refractivity contribution in [2.24, 2.45) is 5.92 Å². The van der Waals surface area contributed by atoms with Gasteiger partial charge >= 0.3 is 0 Å². The molecule has 6 nitrogen and oxygen atoms in total. The summed E-state index contributed by atoms with van der Waals surface area (Å²) in [5, 5.41) is 5.74. The third-order valence-corrected chi connectivity index (χ3v) is 5.07. The summed E-state index contributed by atoms with van der Waals surface area (Å²) in [6, 6.07) is 0. The molecule has 0 aromatic carbocycles. The second kappa shape index (κ2) is 6.52. The van der Waals surface area contributed by atoms with E-state index in [0.717, 1.165) is 35.0 Å². The Morgan fingerprint density at radius 2 is 2.32 bits per heavy atom. The van der Waals surface area contributed by atoms with Gasteiger partial charge in [-0.15, -0.1) is 0 Å². The van der Waals surface area contributed by atoms with Crippen molar-refractivity contribution in [1.29, 1.82) is 0 Å². The highest BCUT2D eigenvalue weighted by molar-refractivity contribution is 7.16. The van der Waals surface area contributed by atoms with Crippen LogP contribution in [0, 0.1) is 5.92 Å². The number of hydrogen-bond acceptors (Lipinski definition) is 5. The Hall–Kier alpha value is -1.18. The molecule has 1 amide bonds. The Morgan fingerprint density at radius 3 is 3.05 bits per heavy atom. The van der Waals surface area contributed by atoms with E-state index in [9.17, 15) is 4.79 Å². The molecule has 0 saturated carbocycles. The van der Waals surface area contributed by atoms with E-state index in [0.29, 0.717) is 30.6 Å². The molecule has 0 radical (unpaired) electrons. The van der Waals surface area contributed by atoms with Crippen LogP contribution in [0.2, 0.25) is 5.15 Å². The van der Waals surface area contributed by atoms with Gasteiger partial charge in [-0.2, -0.15) is 5.10 Å². The maximum Gasteiger partial charge on any atom is 0.223 e. The van der Waals surface area contributed by atoms with E-state index in [1.165, 1.54) is 11.3 Å². The predicted octanol–water partition coefficient (Wildman–Crippen LogP) is 2.74. The summed E-state index contributed by atoms with van der Waals surface area (Å²) >= 11 is 7.68. The van der Waals surface area contributed by atoms with Crippen LogP contribution in [0.3, 0.4) is 0 Å². The Bertz CT molecular complexity index is 684. The number of methoxy groups -OCH3 is 1. The van der Waals surface area contributed by atoms with E-state index >= 15 is 0 Å². The molecule has 1 saturated heterocycles. The second-order valence-corrected chi connectivity index (χ2v) is 7.00. The van der Waals surface area contributed by atoms with Gasteiger partial charge in [0.2, 0.25) is 10.9 Å². The summed E-state index contributed by atoms with van der Waals surface area (Å²) in [7, 11) is 1.63. The third-order valence-electron chi connectivity index (χ3n) is 3.89. The van der Waals surface area contributed by atoms with Crippen LogP contribution in [0.25, 0.3) is 4.96 Å². The van der Waals surface area contributed by atoms with Gasteiger partial charge in [0, 0.05) is 20.1 Å². The zero-order chi connectivity index (χ0) is 15.7. The van der Waals surface area contributed by atoms with Crippen molar-refractivity contribution in [3.05, 3.63) is 15.9 Å². The van der Waals surface area contributed by atoms with Gasteiger partial charge in [-0.1, -0.05) is 36.3 Å². The molecule has 0 N–H and O–H groups in total. The van der Waals surface area contributed by atoms with Crippen molar-refractivity contribution in [2.75, 3.05) is 13.7 Å². The van der Waals surface area contributed by atoms with Crippen molar-refractivity contribution in [3.8, 4) is 0 Å². The number of hydrogen-bond donors (Lipinski definition) is 0. The van der Waals surface area contributed by atoms with Crippen LogP contribution in [-0.2, 0) is 22.7 Å². The first-order valence-electron chi connectivity index (χ1n) is 7.41. The smallest absolute Gasteiger partial charge is 0.223 e. The number of halogens is 1. The molecule has 1 aliphatic heterocycles. The number of imidazole rings is 1. The van der Waals surface area contributed by atoms with Crippen molar-refractivity contribution < 1.29 is 9.53 Å². The van der Waals surface area contributed by atoms with Gasteiger partial charge in [-0.3, -0.25) is 4.79 Å². The molecule has 1 aliphatic rings. The highest BCUT2D eigenvalue weighted by Crippen LogP contribution is 2.28. The molecule has 2 aromatic heterocycles. The predicted molar refractivity (Wildman–Crippen MR) is 85.0 cm³/mol. The normalized spacial score (nSPS) is 18.8. The number of amides is 1. The van der Waals surface area contributed by atoms with Gasteiger partial charge in [0.25, 0.3) is 0 Å². The number of likely N-dealkylation sites (tertiary alicyclic amines) is 1. The van der Waals surface area contributed by atoms with E-state index in [2.05, 4.69) is 17.0 Å². The summed E-state index contributed by atoms with van der Waals surface area (Å²) in [4.78, 5) is 19.1. The van der Waals surface area contributed by atoms with Crippen LogP contribution in [0.4, 0.5) is 0 Å². The topological polar surface area (TPSA) is 59.7 Å². The zero-order valence-electron chi connectivity index (χ0n) is 12.7. The van der Waals surface area contributed by atoms with Gasteiger partial charge < -0.3 is 9.64 Å². The minimum Gasteiger partial charge on any atom is -0.377 e. The minimum absolute atomic E-state index is 0.191. The average Bonchev–Trinajstić information content (AvgIpc) is 3.08. The Morgan fingerprint density at radius 1 is 1.50 bits per heavy atom. The van der Waals surface area contributed by atoms with Gasteiger partial charge in [0.05, 0.1) is 13.2 Å². The summed E-state index contributed by atoms with van der Waals surface area (Å²) < 4.78 is 6.84. The molecule has 1 atom stereocenters. The molecule has 2 aromatic rings. The van der Waals surface area contributed by atoms with Gasteiger partial charge in [0.15, 0.2) is 5.15 Å². The highest BCUT2D eigenvalue weighted by atomic mass is 35.5. The standard InChI is InChI=1S/C14H19ClN4O2S/c1-3-4-9-5-12(20)18(6-9)7-10-13(15)16-14-19(10)17-11(22-14)8-21-2/h9H,3-8H2,1-2H3. The van der Waals surface area contributed by atoms with Crippen molar-refractivity contribution in [3.63, 3.8) is 0 Å².